The molecule has 0 atom stereocenters. The minimum absolute atomic E-state index is 0.204. The molecule has 0 saturated heterocycles. The Hall–Kier alpha value is -2.90. The van der Waals surface area contributed by atoms with Crippen LogP contribution in [0.3, 0.4) is 0 Å². The first kappa shape index (κ1) is 19.9. The first-order chi connectivity index (χ1) is 13.6. The predicted molar refractivity (Wildman–Crippen MR) is 109 cm³/mol. The van der Waals surface area contributed by atoms with Gasteiger partial charge in [0.25, 0.3) is 11.8 Å². The zero-order valence-electron chi connectivity index (χ0n) is 15.1. The van der Waals surface area contributed by atoms with Crippen LogP contribution in [0.1, 0.15) is 22.2 Å². The summed E-state index contributed by atoms with van der Waals surface area (Å²) < 4.78 is 5.52. The Bertz CT molecular complexity index is 990. The lowest BCUT2D eigenvalue weighted by Gasteiger charge is -2.10. The number of para-hydroxylation sites is 1. The van der Waals surface area contributed by atoms with E-state index in [0.29, 0.717) is 20.7 Å². The number of ether oxygens (including phenoxy) is 1. The third kappa shape index (κ3) is 4.88. The highest BCUT2D eigenvalue weighted by atomic mass is 35.5. The van der Waals surface area contributed by atoms with Crippen molar-refractivity contribution in [2.45, 2.75) is 13.3 Å². The minimum atomic E-state index is -0.463. The molecule has 2 N–H and O–H groups in total. The van der Waals surface area contributed by atoms with Gasteiger partial charge in [0.05, 0.1) is 11.2 Å². The molecule has 8 heteroatoms. The normalized spacial score (nSPS) is 10.4. The van der Waals surface area contributed by atoms with Crippen molar-refractivity contribution in [3.05, 3.63) is 70.2 Å². The van der Waals surface area contributed by atoms with Gasteiger partial charge in [0.2, 0.25) is 0 Å². The van der Waals surface area contributed by atoms with E-state index in [4.69, 9.17) is 16.3 Å². The molecule has 6 nitrogen and oxygen atoms in total. The molecule has 0 fully saturated rings. The summed E-state index contributed by atoms with van der Waals surface area (Å²) >= 11 is 7.34. The lowest BCUT2D eigenvalue weighted by atomic mass is 10.1. The number of aryl methyl sites for hydroxylation is 1. The minimum Gasteiger partial charge on any atom is -0.483 e. The van der Waals surface area contributed by atoms with Crippen molar-refractivity contribution in [2.75, 3.05) is 6.61 Å². The van der Waals surface area contributed by atoms with Crippen LogP contribution in [0.2, 0.25) is 5.02 Å². The van der Waals surface area contributed by atoms with Crippen molar-refractivity contribution < 1.29 is 14.3 Å². The van der Waals surface area contributed by atoms with Crippen molar-refractivity contribution in [3.8, 4) is 16.3 Å². The summed E-state index contributed by atoms with van der Waals surface area (Å²) in [5, 5.41) is 1.18. The van der Waals surface area contributed by atoms with Gasteiger partial charge in [-0.05, 0) is 24.1 Å². The van der Waals surface area contributed by atoms with E-state index < -0.39 is 11.8 Å². The number of carbonyl (C=O) groups is 2. The van der Waals surface area contributed by atoms with Gasteiger partial charge in [-0.2, -0.15) is 0 Å². The Morgan fingerprint density at radius 1 is 1.11 bits per heavy atom. The lowest BCUT2D eigenvalue weighted by molar-refractivity contribution is -0.123. The van der Waals surface area contributed by atoms with Crippen molar-refractivity contribution in [2.24, 2.45) is 0 Å². The number of carbonyl (C=O) groups excluding carboxylic acids is 2. The van der Waals surface area contributed by atoms with Gasteiger partial charge in [-0.1, -0.05) is 54.9 Å². The summed E-state index contributed by atoms with van der Waals surface area (Å²) in [6.07, 6.45) is 2.24. The Morgan fingerprint density at radius 3 is 2.64 bits per heavy atom. The maximum Gasteiger partial charge on any atom is 0.281 e. The van der Waals surface area contributed by atoms with E-state index in [0.717, 1.165) is 17.5 Å². The van der Waals surface area contributed by atoms with E-state index in [-0.39, 0.29) is 6.61 Å². The van der Waals surface area contributed by atoms with Crippen molar-refractivity contribution in [1.29, 1.82) is 0 Å². The lowest BCUT2D eigenvalue weighted by Crippen LogP contribution is -2.43. The van der Waals surface area contributed by atoms with Crippen LogP contribution in [0.5, 0.6) is 5.75 Å². The summed E-state index contributed by atoms with van der Waals surface area (Å²) in [5.74, 6) is -0.272. The molecule has 2 amide bonds. The fourth-order valence-corrected chi connectivity index (χ4v) is 3.57. The van der Waals surface area contributed by atoms with Crippen LogP contribution in [-0.2, 0) is 11.2 Å². The van der Waals surface area contributed by atoms with Gasteiger partial charge in [-0.25, -0.2) is 4.98 Å². The second-order valence-electron chi connectivity index (χ2n) is 5.76. The second kappa shape index (κ2) is 9.34. The van der Waals surface area contributed by atoms with E-state index >= 15 is 0 Å². The SMILES string of the molecule is CCc1ccccc1OCC(=O)NNC(=O)c1cnc(-c2ccccc2Cl)s1. The highest BCUT2D eigenvalue weighted by molar-refractivity contribution is 7.17. The van der Waals surface area contributed by atoms with Crippen molar-refractivity contribution in [1.82, 2.24) is 15.8 Å². The molecule has 1 aromatic heterocycles. The molecule has 0 aliphatic heterocycles. The largest absolute Gasteiger partial charge is 0.483 e. The van der Waals surface area contributed by atoms with Gasteiger partial charge in [0, 0.05) is 5.56 Å². The molecule has 0 aliphatic carbocycles. The number of rotatable bonds is 6. The third-order valence-corrected chi connectivity index (χ3v) is 5.22. The number of thiazole rings is 1. The van der Waals surface area contributed by atoms with Gasteiger partial charge < -0.3 is 4.74 Å². The highest BCUT2D eigenvalue weighted by Crippen LogP contribution is 2.30. The number of hydrazine groups is 1. The van der Waals surface area contributed by atoms with E-state index in [1.807, 2.05) is 43.3 Å². The average molecular weight is 416 g/mol. The molecule has 144 valence electrons. The van der Waals surface area contributed by atoms with Crippen LogP contribution in [0.15, 0.2) is 54.7 Å². The standard InChI is InChI=1S/C20H18ClN3O3S/c1-2-13-7-3-6-10-16(13)27-12-18(25)23-24-19(26)17-11-22-20(28-17)14-8-4-5-9-15(14)21/h3-11H,2,12H2,1H3,(H,23,25)(H,24,26). The van der Waals surface area contributed by atoms with Crippen LogP contribution in [0.4, 0.5) is 0 Å². The number of aromatic nitrogens is 1. The number of hydrogen-bond donors (Lipinski definition) is 2. The maximum atomic E-state index is 12.2. The summed E-state index contributed by atoms with van der Waals surface area (Å²) in [4.78, 5) is 28.7. The molecule has 1 heterocycles. The summed E-state index contributed by atoms with van der Waals surface area (Å²) in [7, 11) is 0. The van der Waals surface area contributed by atoms with Gasteiger partial charge >= 0.3 is 0 Å². The predicted octanol–water partition coefficient (Wildman–Crippen LogP) is 3.87. The topological polar surface area (TPSA) is 80.3 Å². The van der Waals surface area contributed by atoms with E-state index in [1.165, 1.54) is 17.5 Å². The van der Waals surface area contributed by atoms with Crippen LogP contribution < -0.4 is 15.6 Å². The third-order valence-electron chi connectivity index (χ3n) is 3.86. The number of nitrogens with zero attached hydrogens (tertiary/aromatic N) is 1. The van der Waals surface area contributed by atoms with E-state index in [1.54, 1.807) is 12.1 Å². The van der Waals surface area contributed by atoms with Crippen LogP contribution >= 0.6 is 22.9 Å². The zero-order valence-corrected chi connectivity index (χ0v) is 16.6. The number of amides is 2. The molecular weight excluding hydrogens is 398 g/mol. The number of nitrogens with one attached hydrogen (secondary N) is 2. The Morgan fingerprint density at radius 2 is 1.86 bits per heavy atom. The number of halogens is 1. The van der Waals surface area contributed by atoms with Gasteiger partial charge in [-0.15, -0.1) is 11.3 Å². The van der Waals surface area contributed by atoms with E-state index in [2.05, 4.69) is 15.8 Å². The average Bonchev–Trinajstić information content (AvgIpc) is 3.21. The summed E-state index contributed by atoms with van der Waals surface area (Å²) in [6, 6.07) is 14.8. The van der Waals surface area contributed by atoms with E-state index in [9.17, 15) is 9.59 Å². The molecular formula is C20H18ClN3O3S. The Balaban J connectivity index is 1.53. The van der Waals surface area contributed by atoms with Crippen LogP contribution in [-0.4, -0.2) is 23.4 Å². The molecule has 2 aromatic carbocycles. The second-order valence-corrected chi connectivity index (χ2v) is 7.20. The van der Waals surface area contributed by atoms with Crippen LogP contribution in [0, 0.1) is 0 Å². The number of hydrogen-bond acceptors (Lipinski definition) is 5. The van der Waals surface area contributed by atoms with Crippen LogP contribution in [0.25, 0.3) is 10.6 Å². The Kier molecular flexibility index (Phi) is 6.62. The Labute approximate surface area is 171 Å². The molecule has 3 rings (SSSR count). The zero-order chi connectivity index (χ0) is 19.9. The van der Waals surface area contributed by atoms with Crippen molar-refractivity contribution in [3.63, 3.8) is 0 Å². The molecule has 0 spiro atoms. The first-order valence-electron chi connectivity index (χ1n) is 8.59. The fourth-order valence-electron chi connectivity index (χ4n) is 2.44. The quantitative estimate of drug-likeness (QED) is 0.599. The van der Waals surface area contributed by atoms with Gasteiger partial charge in [0.15, 0.2) is 6.61 Å². The monoisotopic (exact) mass is 415 g/mol. The molecule has 0 saturated carbocycles. The first-order valence-corrected chi connectivity index (χ1v) is 9.78. The van der Waals surface area contributed by atoms with Crippen molar-refractivity contribution >= 4 is 34.8 Å². The molecule has 0 unspecified atom stereocenters. The van der Waals surface area contributed by atoms with Gasteiger partial charge in [-0.3, -0.25) is 20.4 Å². The molecule has 0 aliphatic rings. The smallest absolute Gasteiger partial charge is 0.281 e. The molecule has 0 bridgehead atoms. The maximum absolute atomic E-state index is 12.2. The molecule has 28 heavy (non-hydrogen) atoms. The summed E-state index contributed by atoms with van der Waals surface area (Å²) in [5.41, 5.74) is 6.46. The number of benzene rings is 2. The molecule has 3 aromatic rings. The fraction of sp³-hybridized carbons (Fsp3) is 0.150. The molecule has 0 radical (unpaired) electrons. The van der Waals surface area contributed by atoms with Gasteiger partial charge in [0.1, 0.15) is 15.6 Å². The summed E-state index contributed by atoms with van der Waals surface area (Å²) in [6.45, 7) is 1.80. The highest BCUT2D eigenvalue weighted by Gasteiger charge is 2.14.